The Balaban J connectivity index is 1.22. The normalized spacial score (nSPS) is 21.1. The van der Waals surface area contributed by atoms with E-state index in [1.165, 1.54) is 24.2 Å². The Labute approximate surface area is 222 Å². The zero-order valence-electron chi connectivity index (χ0n) is 21.7. The van der Waals surface area contributed by atoms with E-state index in [0.717, 1.165) is 60.2 Å². The van der Waals surface area contributed by atoms with Crippen LogP contribution < -0.4 is 5.32 Å². The summed E-state index contributed by atoms with van der Waals surface area (Å²) < 4.78 is 15.2. The Bertz CT molecular complexity index is 1240. The van der Waals surface area contributed by atoms with Crippen LogP contribution in [0.2, 0.25) is 0 Å². The van der Waals surface area contributed by atoms with Gasteiger partial charge in [0.1, 0.15) is 6.10 Å². The molecule has 0 spiro atoms. The molecule has 5 rings (SSSR count). The number of ether oxygens (including phenoxy) is 2. The topological polar surface area (TPSA) is 77.5 Å². The first-order valence-corrected chi connectivity index (χ1v) is 13.9. The van der Waals surface area contributed by atoms with E-state index in [-0.39, 0.29) is 17.5 Å². The Morgan fingerprint density at radius 2 is 1.70 bits per heavy atom. The molecule has 2 aliphatic rings. The number of hydrogen-bond donors (Lipinski definition) is 1. The second kappa shape index (κ2) is 10.7. The molecule has 0 radical (unpaired) electrons. The van der Waals surface area contributed by atoms with Crippen molar-refractivity contribution in [3.63, 3.8) is 0 Å². The highest BCUT2D eigenvalue weighted by molar-refractivity contribution is 7.10. The summed E-state index contributed by atoms with van der Waals surface area (Å²) in [6.07, 6.45) is 5.46. The van der Waals surface area contributed by atoms with Crippen LogP contribution in [0.15, 0.2) is 54.6 Å². The van der Waals surface area contributed by atoms with Crippen molar-refractivity contribution in [1.82, 2.24) is 4.37 Å². The largest absolute Gasteiger partial charge is 0.469 e. The minimum atomic E-state index is -0.491. The molecule has 1 unspecified atom stereocenters. The van der Waals surface area contributed by atoms with Crippen LogP contribution in [-0.4, -0.2) is 23.5 Å². The third-order valence-corrected chi connectivity index (χ3v) is 9.16. The number of nitrogens with zero attached hydrogens (tertiary/aromatic N) is 1. The van der Waals surface area contributed by atoms with Gasteiger partial charge in [-0.15, -0.1) is 0 Å². The molecule has 1 amide bonds. The highest BCUT2D eigenvalue weighted by Gasteiger charge is 2.56. The number of benzene rings is 2. The maximum absolute atomic E-state index is 12.7. The van der Waals surface area contributed by atoms with Gasteiger partial charge < -0.3 is 9.47 Å². The maximum Gasteiger partial charge on any atom is 0.412 e. The van der Waals surface area contributed by atoms with Crippen molar-refractivity contribution < 1.29 is 19.1 Å². The van der Waals surface area contributed by atoms with Gasteiger partial charge in [-0.05, 0) is 92.4 Å². The number of carbonyl (C=O) groups is 2. The summed E-state index contributed by atoms with van der Waals surface area (Å²) in [5.74, 6) is 0.950. The summed E-state index contributed by atoms with van der Waals surface area (Å²) in [6.45, 7) is 3.75. The fourth-order valence-electron chi connectivity index (χ4n) is 5.80. The van der Waals surface area contributed by atoms with E-state index in [2.05, 4.69) is 34.0 Å². The Kier molecular flexibility index (Phi) is 7.33. The second-order valence-electron chi connectivity index (χ2n) is 10.4. The van der Waals surface area contributed by atoms with E-state index in [9.17, 15) is 9.59 Å². The van der Waals surface area contributed by atoms with E-state index in [1.807, 2.05) is 44.2 Å². The van der Waals surface area contributed by atoms with E-state index in [0.29, 0.717) is 17.5 Å². The van der Waals surface area contributed by atoms with E-state index < -0.39 is 6.09 Å². The van der Waals surface area contributed by atoms with Gasteiger partial charge in [-0.1, -0.05) is 54.6 Å². The van der Waals surface area contributed by atoms with Crippen molar-refractivity contribution in [2.24, 2.45) is 11.3 Å². The van der Waals surface area contributed by atoms with Crippen LogP contribution >= 0.6 is 11.5 Å². The van der Waals surface area contributed by atoms with E-state index in [1.54, 1.807) is 0 Å². The molecule has 1 atom stereocenters. The molecule has 2 aliphatic carbocycles. The van der Waals surface area contributed by atoms with Gasteiger partial charge in [0.25, 0.3) is 0 Å². The molecule has 194 valence electrons. The molecule has 3 aromatic rings. The monoisotopic (exact) mass is 518 g/mol. The fraction of sp³-hybridized carbons (Fsp3) is 0.433. The number of hydrogen-bond acceptors (Lipinski definition) is 6. The number of methoxy groups -OCH3 is 1. The summed E-state index contributed by atoms with van der Waals surface area (Å²) in [5.41, 5.74) is 4.57. The summed E-state index contributed by atoms with van der Waals surface area (Å²) in [5, 5.41) is 2.92. The zero-order valence-corrected chi connectivity index (χ0v) is 22.5. The molecule has 37 heavy (non-hydrogen) atoms. The lowest BCUT2D eigenvalue weighted by Crippen LogP contribution is -2.29. The number of aromatic nitrogens is 1. The number of anilines is 1. The Hall–Kier alpha value is -3.19. The van der Waals surface area contributed by atoms with Gasteiger partial charge in [-0.2, -0.15) is 4.37 Å². The minimum absolute atomic E-state index is 0.0111. The van der Waals surface area contributed by atoms with Crippen LogP contribution in [0.3, 0.4) is 0 Å². The van der Waals surface area contributed by atoms with Gasteiger partial charge in [0.2, 0.25) is 0 Å². The molecule has 0 aliphatic heterocycles. The fourth-order valence-corrected chi connectivity index (χ4v) is 6.65. The lowest BCUT2D eigenvalue weighted by molar-refractivity contribution is -0.150. The lowest BCUT2D eigenvalue weighted by Gasteiger charge is -2.33. The van der Waals surface area contributed by atoms with Crippen LogP contribution in [0.5, 0.6) is 0 Å². The number of amides is 1. The standard InChI is InChI=1S/C30H34N2O4S/c1-19-26(31-29(34)36-20(2)21-7-5-4-6-8-21)27(37-32-19)24-11-9-22(10-12-24)23-13-15-25(16-14-23)30(17-18-30)28(33)35-3/h4-12,20,23,25H,13-18H2,1-3H3,(H,31,34). The van der Waals surface area contributed by atoms with Crippen molar-refractivity contribution in [3.8, 4) is 10.4 Å². The molecule has 2 aromatic carbocycles. The highest BCUT2D eigenvalue weighted by atomic mass is 32.1. The van der Waals surface area contributed by atoms with Gasteiger partial charge >= 0.3 is 12.1 Å². The van der Waals surface area contributed by atoms with Gasteiger partial charge in [0, 0.05) is 0 Å². The number of rotatable bonds is 7. The van der Waals surface area contributed by atoms with Crippen molar-refractivity contribution in [1.29, 1.82) is 0 Å². The van der Waals surface area contributed by atoms with Crippen LogP contribution in [-0.2, 0) is 14.3 Å². The van der Waals surface area contributed by atoms with Crippen LogP contribution in [0.4, 0.5) is 10.5 Å². The average Bonchev–Trinajstić information content (AvgIpc) is 3.67. The van der Waals surface area contributed by atoms with Crippen LogP contribution in [0.25, 0.3) is 10.4 Å². The zero-order chi connectivity index (χ0) is 26.0. The lowest BCUT2D eigenvalue weighted by atomic mass is 9.72. The average molecular weight is 519 g/mol. The second-order valence-corrected chi connectivity index (χ2v) is 11.1. The van der Waals surface area contributed by atoms with Crippen molar-refractivity contribution in [2.75, 3.05) is 12.4 Å². The number of aryl methyl sites for hydroxylation is 1. The number of nitrogens with one attached hydrogen (secondary N) is 1. The van der Waals surface area contributed by atoms with Crippen molar-refractivity contribution in [2.45, 2.75) is 64.4 Å². The first-order chi connectivity index (χ1) is 17.9. The van der Waals surface area contributed by atoms with Gasteiger partial charge in [0.05, 0.1) is 28.8 Å². The van der Waals surface area contributed by atoms with E-state index in [4.69, 9.17) is 9.47 Å². The van der Waals surface area contributed by atoms with Crippen molar-refractivity contribution >= 4 is 29.3 Å². The molecule has 0 bridgehead atoms. The third-order valence-electron chi connectivity index (χ3n) is 8.18. The number of esters is 1. The molecule has 1 heterocycles. The molecule has 6 nitrogen and oxygen atoms in total. The Morgan fingerprint density at radius 1 is 1.03 bits per heavy atom. The summed E-state index contributed by atoms with van der Waals surface area (Å²) >= 11 is 1.38. The van der Waals surface area contributed by atoms with Crippen molar-refractivity contribution in [3.05, 3.63) is 71.4 Å². The summed E-state index contributed by atoms with van der Waals surface area (Å²) in [4.78, 5) is 25.9. The SMILES string of the molecule is COC(=O)C1(C2CCC(c3ccc(-c4snc(C)c4NC(=O)OC(C)c4ccccc4)cc3)CC2)CC1. The minimum Gasteiger partial charge on any atom is -0.469 e. The molecule has 0 saturated heterocycles. The van der Waals surface area contributed by atoms with Crippen LogP contribution in [0, 0.1) is 18.3 Å². The molecule has 2 fully saturated rings. The first kappa shape index (κ1) is 25.5. The highest BCUT2D eigenvalue weighted by Crippen LogP contribution is 2.58. The molecule has 1 N–H and O–H groups in total. The first-order valence-electron chi connectivity index (χ1n) is 13.1. The molecular weight excluding hydrogens is 484 g/mol. The van der Waals surface area contributed by atoms with E-state index >= 15 is 0 Å². The smallest absolute Gasteiger partial charge is 0.412 e. The van der Waals surface area contributed by atoms with Gasteiger partial charge in [-0.3, -0.25) is 10.1 Å². The molecule has 2 saturated carbocycles. The Morgan fingerprint density at radius 3 is 2.32 bits per heavy atom. The molecule has 1 aromatic heterocycles. The predicted molar refractivity (Wildman–Crippen MR) is 146 cm³/mol. The maximum atomic E-state index is 12.7. The molecule has 7 heteroatoms. The quantitative estimate of drug-likeness (QED) is 0.325. The summed E-state index contributed by atoms with van der Waals surface area (Å²) in [7, 11) is 1.51. The van der Waals surface area contributed by atoms with Gasteiger partial charge in [0.15, 0.2) is 0 Å². The number of carbonyl (C=O) groups excluding carboxylic acids is 2. The van der Waals surface area contributed by atoms with Gasteiger partial charge in [-0.25, -0.2) is 4.79 Å². The molecular formula is C30H34N2O4S. The third kappa shape index (κ3) is 5.28. The summed E-state index contributed by atoms with van der Waals surface area (Å²) in [6, 6.07) is 18.3. The van der Waals surface area contributed by atoms with Crippen LogP contribution in [0.1, 0.15) is 74.3 Å². The predicted octanol–water partition coefficient (Wildman–Crippen LogP) is 7.66.